The average Bonchev–Trinajstić information content (AvgIpc) is 2.59. The summed E-state index contributed by atoms with van der Waals surface area (Å²) in [6, 6.07) is 6.51. The molecule has 0 saturated heterocycles. The van der Waals surface area contributed by atoms with Crippen LogP contribution in [0.4, 0.5) is 0 Å². The van der Waals surface area contributed by atoms with E-state index < -0.39 is 0 Å². The first-order chi connectivity index (χ1) is 8.54. The van der Waals surface area contributed by atoms with Crippen LogP contribution >= 0.6 is 15.9 Å². The van der Waals surface area contributed by atoms with E-state index >= 15 is 0 Å². The molecule has 0 unspecified atom stereocenters. The molecule has 0 amide bonds. The Morgan fingerprint density at radius 2 is 2.00 bits per heavy atom. The van der Waals surface area contributed by atoms with Gasteiger partial charge < -0.3 is 5.32 Å². The van der Waals surface area contributed by atoms with Crippen molar-refractivity contribution < 1.29 is 0 Å². The van der Waals surface area contributed by atoms with Crippen LogP contribution in [0.5, 0.6) is 0 Å². The Hall–Kier alpha value is -1.13. The predicted molar refractivity (Wildman–Crippen MR) is 78.6 cm³/mol. The lowest BCUT2D eigenvalue weighted by Crippen LogP contribution is -2.06. The van der Waals surface area contributed by atoms with E-state index in [9.17, 15) is 0 Å². The highest BCUT2D eigenvalue weighted by Gasteiger charge is 2.15. The molecule has 0 atom stereocenters. The second kappa shape index (κ2) is 5.24. The molecule has 0 fully saturated rings. The Bertz CT molecular complexity index is 573. The van der Waals surface area contributed by atoms with Crippen molar-refractivity contribution in [1.82, 2.24) is 15.1 Å². The van der Waals surface area contributed by atoms with Crippen LogP contribution < -0.4 is 5.32 Å². The van der Waals surface area contributed by atoms with E-state index in [4.69, 9.17) is 0 Å². The molecule has 0 radical (unpaired) electrons. The van der Waals surface area contributed by atoms with Crippen LogP contribution in [0.15, 0.2) is 22.7 Å². The molecule has 18 heavy (non-hydrogen) atoms. The number of halogens is 1. The highest BCUT2D eigenvalue weighted by molar-refractivity contribution is 9.10. The van der Waals surface area contributed by atoms with Gasteiger partial charge in [-0.25, -0.2) is 0 Å². The van der Waals surface area contributed by atoms with Gasteiger partial charge in [0.1, 0.15) is 0 Å². The van der Waals surface area contributed by atoms with Crippen molar-refractivity contribution in [3.05, 3.63) is 39.5 Å². The Balaban J connectivity index is 2.53. The van der Waals surface area contributed by atoms with Gasteiger partial charge in [0.25, 0.3) is 0 Å². The summed E-state index contributed by atoms with van der Waals surface area (Å²) in [5.74, 6) is 0. The Labute approximate surface area is 116 Å². The SMILES string of the molecule is CNCc1nn(C)c(-c2ccc(C)c(C)c2)c1Br. The minimum Gasteiger partial charge on any atom is -0.314 e. The second-order valence-corrected chi connectivity index (χ2v) is 5.36. The molecule has 2 aromatic rings. The van der Waals surface area contributed by atoms with E-state index in [2.05, 4.69) is 58.4 Å². The molecular weight excluding hydrogens is 290 g/mol. The maximum atomic E-state index is 4.54. The summed E-state index contributed by atoms with van der Waals surface area (Å²) in [7, 11) is 3.91. The second-order valence-electron chi connectivity index (χ2n) is 4.56. The molecule has 96 valence electrons. The highest BCUT2D eigenvalue weighted by atomic mass is 79.9. The average molecular weight is 308 g/mol. The van der Waals surface area contributed by atoms with Gasteiger partial charge in [-0.15, -0.1) is 0 Å². The van der Waals surface area contributed by atoms with Crippen LogP contribution in [0.2, 0.25) is 0 Å². The van der Waals surface area contributed by atoms with Crippen LogP contribution in [-0.4, -0.2) is 16.8 Å². The smallest absolute Gasteiger partial charge is 0.0910 e. The molecule has 1 aromatic heterocycles. The molecule has 4 heteroatoms. The third kappa shape index (κ3) is 2.35. The number of rotatable bonds is 3. The van der Waals surface area contributed by atoms with Crippen molar-refractivity contribution in [3.8, 4) is 11.3 Å². The van der Waals surface area contributed by atoms with Gasteiger partial charge in [0, 0.05) is 19.2 Å². The number of nitrogens with zero attached hydrogens (tertiary/aromatic N) is 2. The van der Waals surface area contributed by atoms with E-state index in [1.54, 1.807) is 0 Å². The fourth-order valence-electron chi connectivity index (χ4n) is 2.04. The lowest BCUT2D eigenvalue weighted by atomic mass is 10.0. The molecular formula is C14H18BrN3. The molecule has 1 aromatic carbocycles. The molecule has 0 spiro atoms. The Morgan fingerprint density at radius 3 is 2.61 bits per heavy atom. The van der Waals surface area contributed by atoms with E-state index in [0.29, 0.717) is 0 Å². The van der Waals surface area contributed by atoms with Gasteiger partial charge >= 0.3 is 0 Å². The van der Waals surface area contributed by atoms with Crippen molar-refractivity contribution in [2.75, 3.05) is 7.05 Å². The van der Waals surface area contributed by atoms with Crippen molar-refractivity contribution >= 4 is 15.9 Å². The molecule has 1 N–H and O–H groups in total. The summed E-state index contributed by atoms with van der Waals surface area (Å²) in [5.41, 5.74) is 5.97. The minimum absolute atomic E-state index is 0.763. The molecule has 0 saturated carbocycles. The molecule has 0 aliphatic rings. The minimum atomic E-state index is 0.763. The topological polar surface area (TPSA) is 29.9 Å². The predicted octanol–water partition coefficient (Wildman–Crippen LogP) is 3.19. The number of aromatic nitrogens is 2. The molecule has 0 aliphatic carbocycles. The quantitative estimate of drug-likeness (QED) is 0.944. The summed E-state index contributed by atoms with van der Waals surface area (Å²) >= 11 is 3.66. The molecule has 1 heterocycles. The number of benzene rings is 1. The number of hydrogen-bond donors (Lipinski definition) is 1. The summed E-state index contributed by atoms with van der Waals surface area (Å²) in [6.07, 6.45) is 0. The Kier molecular flexibility index (Phi) is 3.88. The van der Waals surface area contributed by atoms with E-state index in [-0.39, 0.29) is 0 Å². The number of nitrogens with one attached hydrogen (secondary N) is 1. The summed E-state index contributed by atoms with van der Waals surface area (Å²) in [5, 5.41) is 7.67. The number of aryl methyl sites for hydroxylation is 3. The lowest BCUT2D eigenvalue weighted by Gasteiger charge is -2.06. The largest absolute Gasteiger partial charge is 0.314 e. The van der Waals surface area contributed by atoms with Crippen LogP contribution in [-0.2, 0) is 13.6 Å². The van der Waals surface area contributed by atoms with Crippen LogP contribution in [0, 0.1) is 13.8 Å². The Morgan fingerprint density at radius 1 is 1.28 bits per heavy atom. The van der Waals surface area contributed by atoms with E-state index in [0.717, 1.165) is 22.4 Å². The fourth-order valence-corrected chi connectivity index (χ4v) is 2.74. The summed E-state index contributed by atoms with van der Waals surface area (Å²) in [4.78, 5) is 0. The van der Waals surface area contributed by atoms with Crippen molar-refractivity contribution in [3.63, 3.8) is 0 Å². The van der Waals surface area contributed by atoms with Crippen LogP contribution in [0.3, 0.4) is 0 Å². The maximum absolute atomic E-state index is 4.54. The van der Waals surface area contributed by atoms with Gasteiger partial charge in [0.05, 0.1) is 15.9 Å². The van der Waals surface area contributed by atoms with Gasteiger partial charge in [-0.2, -0.15) is 5.10 Å². The van der Waals surface area contributed by atoms with Gasteiger partial charge in [-0.1, -0.05) is 12.1 Å². The van der Waals surface area contributed by atoms with Crippen molar-refractivity contribution in [2.45, 2.75) is 20.4 Å². The van der Waals surface area contributed by atoms with Crippen molar-refractivity contribution in [1.29, 1.82) is 0 Å². The summed E-state index contributed by atoms with van der Waals surface area (Å²) in [6.45, 7) is 5.03. The zero-order valence-electron chi connectivity index (χ0n) is 11.2. The fraction of sp³-hybridized carbons (Fsp3) is 0.357. The monoisotopic (exact) mass is 307 g/mol. The van der Waals surface area contributed by atoms with Gasteiger partial charge in [-0.05, 0) is 54.0 Å². The van der Waals surface area contributed by atoms with Crippen LogP contribution in [0.1, 0.15) is 16.8 Å². The summed E-state index contributed by atoms with van der Waals surface area (Å²) < 4.78 is 3.00. The zero-order valence-corrected chi connectivity index (χ0v) is 12.8. The first kappa shape index (κ1) is 13.3. The molecule has 0 aliphatic heterocycles. The van der Waals surface area contributed by atoms with Gasteiger partial charge in [-0.3, -0.25) is 4.68 Å². The van der Waals surface area contributed by atoms with E-state index in [1.807, 2.05) is 18.8 Å². The molecule has 2 rings (SSSR count). The standard InChI is InChI=1S/C14H18BrN3/c1-9-5-6-11(7-10(9)2)14-13(15)12(8-16-3)17-18(14)4/h5-7,16H,8H2,1-4H3. The van der Waals surface area contributed by atoms with Gasteiger partial charge in [0.15, 0.2) is 0 Å². The third-order valence-corrected chi connectivity index (χ3v) is 4.01. The first-order valence-corrected chi connectivity index (χ1v) is 6.77. The third-order valence-electron chi connectivity index (χ3n) is 3.18. The maximum Gasteiger partial charge on any atom is 0.0910 e. The normalized spacial score (nSPS) is 10.9. The number of hydrogen-bond acceptors (Lipinski definition) is 2. The lowest BCUT2D eigenvalue weighted by molar-refractivity contribution is 0.715. The molecule has 3 nitrogen and oxygen atoms in total. The van der Waals surface area contributed by atoms with Gasteiger partial charge in [0.2, 0.25) is 0 Å². The zero-order chi connectivity index (χ0) is 13.3. The first-order valence-electron chi connectivity index (χ1n) is 5.98. The van der Waals surface area contributed by atoms with Crippen molar-refractivity contribution in [2.24, 2.45) is 7.05 Å². The highest BCUT2D eigenvalue weighted by Crippen LogP contribution is 2.31. The van der Waals surface area contributed by atoms with E-state index in [1.165, 1.54) is 16.7 Å². The van der Waals surface area contributed by atoms with Crippen LogP contribution in [0.25, 0.3) is 11.3 Å². The molecule has 0 bridgehead atoms.